The van der Waals surface area contributed by atoms with Crippen LogP contribution in [0.2, 0.25) is 0 Å². The predicted molar refractivity (Wildman–Crippen MR) is 91.1 cm³/mol. The van der Waals surface area contributed by atoms with Gasteiger partial charge in [-0.2, -0.15) is 0 Å². The summed E-state index contributed by atoms with van der Waals surface area (Å²) in [5, 5.41) is 6.05. The normalized spacial score (nSPS) is 12.5. The van der Waals surface area contributed by atoms with Gasteiger partial charge >= 0.3 is 0 Å². The molecule has 2 aromatic carbocycles. The number of benzene rings is 2. The molecule has 0 aliphatic carbocycles. The van der Waals surface area contributed by atoms with Gasteiger partial charge in [-0.25, -0.2) is 0 Å². The van der Waals surface area contributed by atoms with Crippen LogP contribution in [0, 0.1) is 0 Å². The highest BCUT2D eigenvalue weighted by atomic mass is 79.9. The molecule has 0 bridgehead atoms. The maximum absolute atomic E-state index is 4.18. The number of rotatable bonds is 4. The van der Waals surface area contributed by atoms with E-state index in [4.69, 9.17) is 0 Å². The molecular weight excluding hydrogens is 324 g/mol. The number of fused-ring (bicyclic) bond motifs is 1. The van der Waals surface area contributed by atoms with E-state index in [9.17, 15) is 0 Å². The predicted octanol–water partition coefficient (Wildman–Crippen LogP) is 4.85. The van der Waals surface area contributed by atoms with Gasteiger partial charge in [0.1, 0.15) is 0 Å². The molecule has 0 unspecified atom stereocenters. The van der Waals surface area contributed by atoms with Crippen LogP contribution in [0.3, 0.4) is 0 Å². The lowest BCUT2D eigenvalue weighted by Gasteiger charge is -2.15. The molecule has 1 heterocycles. The minimum absolute atomic E-state index is 0.315. The quantitative estimate of drug-likeness (QED) is 0.734. The van der Waals surface area contributed by atoms with E-state index in [0.717, 1.165) is 11.0 Å². The van der Waals surface area contributed by atoms with Crippen molar-refractivity contribution in [2.45, 2.75) is 19.5 Å². The van der Waals surface area contributed by atoms with E-state index in [1.54, 1.807) is 0 Å². The Bertz CT molecular complexity index is 732. The molecule has 0 amide bonds. The SMILES string of the molecule is C[C@H](NCc1cccc2cnccc12)c1ccc(Br)cc1. The lowest BCUT2D eigenvalue weighted by atomic mass is 10.1. The molecule has 0 saturated heterocycles. The second-order valence-electron chi connectivity index (χ2n) is 5.17. The summed E-state index contributed by atoms with van der Waals surface area (Å²) < 4.78 is 1.11. The molecule has 21 heavy (non-hydrogen) atoms. The zero-order valence-corrected chi connectivity index (χ0v) is 13.5. The van der Waals surface area contributed by atoms with Crippen molar-refractivity contribution in [1.82, 2.24) is 10.3 Å². The smallest absolute Gasteiger partial charge is 0.0346 e. The van der Waals surface area contributed by atoms with E-state index in [2.05, 4.69) is 81.7 Å². The van der Waals surface area contributed by atoms with Crippen LogP contribution >= 0.6 is 15.9 Å². The summed E-state index contributed by atoms with van der Waals surface area (Å²) in [6.07, 6.45) is 3.76. The van der Waals surface area contributed by atoms with Crippen molar-refractivity contribution in [2.75, 3.05) is 0 Å². The largest absolute Gasteiger partial charge is 0.306 e. The first-order valence-electron chi connectivity index (χ1n) is 7.04. The summed E-state index contributed by atoms with van der Waals surface area (Å²) in [5.41, 5.74) is 2.60. The average Bonchev–Trinajstić information content (AvgIpc) is 2.53. The fourth-order valence-corrected chi connectivity index (χ4v) is 2.74. The Morgan fingerprint density at radius 1 is 1.10 bits per heavy atom. The molecule has 0 spiro atoms. The molecule has 3 aromatic rings. The summed E-state index contributed by atoms with van der Waals surface area (Å²) in [6, 6.07) is 17.2. The molecule has 1 N–H and O–H groups in total. The van der Waals surface area contributed by atoms with Crippen molar-refractivity contribution < 1.29 is 0 Å². The van der Waals surface area contributed by atoms with Crippen LogP contribution in [0.4, 0.5) is 0 Å². The highest BCUT2D eigenvalue weighted by Gasteiger charge is 2.06. The molecule has 0 radical (unpaired) electrons. The van der Waals surface area contributed by atoms with E-state index < -0.39 is 0 Å². The highest BCUT2D eigenvalue weighted by molar-refractivity contribution is 9.10. The fourth-order valence-electron chi connectivity index (χ4n) is 2.48. The van der Waals surface area contributed by atoms with Gasteiger partial charge in [-0.05, 0) is 41.6 Å². The highest BCUT2D eigenvalue weighted by Crippen LogP contribution is 2.20. The van der Waals surface area contributed by atoms with Crippen molar-refractivity contribution in [3.63, 3.8) is 0 Å². The third-order valence-corrected chi connectivity index (χ3v) is 4.27. The summed E-state index contributed by atoms with van der Waals surface area (Å²) >= 11 is 3.47. The lowest BCUT2D eigenvalue weighted by molar-refractivity contribution is 0.576. The zero-order valence-electron chi connectivity index (χ0n) is 11.9. The van der Waals surface area contributed by atoms with Crippen LogP contribution in [0.5, 0.6) is 0 Å². The Morgan fingerprint density at radius 3 is 2.71 bits per heavy atom. The number of pyridine rings is 1. The van der Waals surface area contributed by atoms with Crippen molar-refractivity contribution in [3.05, 3.63) is 76.5 Å². The van der Waals surface area contributed by atoms with Crippen LogP contribution < -0.4 is 5.32 Å². The van der Waals surface area contributed by atoms with Gasteiger partial charge in [0.2, 0.25) is 0 Å². The van der Waals surface area contributed by atoms with E-state index in [1.165, 1.54) is 21.9 Å². The number of nitrogens with zero attached hydrogens (tertiary/aromatic N) is 1. The van der Waals surface area contributed by atoms with Crippen LogP contribution in [-0.4, -0.2) is 4.98 Å². The minimum atomic E-state index is 0.315. The van der Waals surface area contributed by atoms with Crippen LogP contribution in [-0.2, 0) is 6.54 Å². The number of aromatic nitrogens is 1. The summed E-state index contributed by atoms with van der Waals surface area (Å²) in [7, 11) is 0. The molecule has 1 atom stereocenters. The van der Waals surface area contributed by atoms with Gasteiger partial charge in [-0.1, -0.05) is 46.3 Å². The maximum atomic E-state index is 4.18. The van der Waals surface area contributed by atoms with Gasteiger partial charge < -0.3 is 5.32 Å². The monoisotopic (exact) mass is 340 g/mol. The Balaban J connectivity index is 1.76. The molecule has 3 heteroatoms. The average molecular weight is 341 g/mol. The molecule has 2 nitrogen and oxygen atoms in total. The van der Waals surface area contributed by atoms with Crippen molar-refractivity contribution in [3.8, 4) is 0 Å². The second kappa shape index (κ2) is 6.37. The summed E-state index contributed by atoms with van der Waals surface area (Å²) in [4.78, 5) is 4.18. The minimum Gasteiger partial charge on any atom is -0.306 e. The van der Waals surface area contributed by atoms with E-state index in [0.29, 0.717) is 6.04 Å². The fraction of sp³-hybridized carbons (Fsp3) is 0.167. The Labute approximate surface area is 133 Å². The number of hydrogen-bond acceptors (Lipinski definition) is 2. The van der Waals surface area contributed by atoms with Crippen molar-refractivity contribution in [1.29, 1.82) is 0 Å². The maximum Gasteiger partial charge on any atom is 0.0346 e. The second-order valence-corrected chi connectivity index (χ2v) is 6.08. The third kappa shape index (κ3) is 3.31. The molecule has 3 rings (SSSR count). The molecule has 0 aliphatic rings. The van der Waals surface area contributed by atoms with Gasteiger partial charge in [-0.3, -0.25) is 4.98 Å². The van der Waals surface area contributed by atoms with Gasteiger partial charge in [0.25, 0.3) is 0 Å². The third-order valence-electron chi connectivity index (χ3n) is 3.74. The first kappa shape index (κ1) is 14.2. The van der Waals surface area contributed by atoms with Gasteiger partial charge in [0, 0.05) is 34.8 Å². The molecule has 0 fully saturated rings. The Morgan fingerprint density at radius 2 is 1.90 bits per heavy atom. The summed E-state index contributed by atoms with van der Waals surface area (Å²) in [5.74, 6) is 0. The molecule has 0 saturated carbocycles. The molecule has 0 aliphatic heterocycles. The van der Waals surface area contributed by atoms with Crippen molar-refractivity contribution in [2.24, 2.45) is 0 Å². The topological polar surface area (TPSA) is 24.9 Å². The molecule has 106 valence electrons. The summed E-state index contributed by atoms with van der Waals surface area (Å²) in [6.45, 7) is 3.04. The van der Waals surface area contributed by atoms with Crippen molar-refractivity contribution >= 4 is 26.7 Å². The van der Waals surface area contributed by atoms with Crippen LogP contribution in [0.1, 0.15) is 24.1 Å². The Kier molecular flexibility index (Phi) is 4.32. The van der Waals surface area contributed by atoms with E-state index in [1.807, 2.05) is 12.4 Å². The zero-order chi connectivity index (χ0) is 14.7. The molecule has 1 aromatic heterocycles. The number of halogens is 1. The van der Waals surface area contributed by atoms with Crippen LogP contribution in [0.25, 0.3) is 10.8 Å². The van der Waals surface area contributed by atoms with Gasteiger partial charge in [0.15, 0.2) is 0 Å². The number of hydrogen-bond donors (Lipinski definition) is 1. The number of nitrogens with one attached hydrogen (secondary N) is 1. The first-order valence-corrected chi connectivity index (χ1v) is 7.84. The molecular formula is C18H17BrN2. The van der Waals surface area contributed by atoms with E-state index in [-0.39, 0.29) is 0 Å². The lowest BCUT2D eigenvalue weighted by Crippen LogP contribution is -2.18. The van der Waals surface area contributed by atoms with E-state index >= 15 is 0 Å². The van der Waals surface area contributed by atoms with Gasteiger partial charge in [-0.15, -0.1) is 0 Å². The van der Waals surface area contributed by atoms with Gasteiger partial charge in [0.05, 0.1) is 0 Å². The van der Waals surface area contributed by atoms with Crippen LogP contribution in [0.15, 0.2) is 65.4 Å². The first-order chi connectivity index (χ1) is 10.2. The standard InChI is InChI=1S/C18H17BrN2/c1-13(14-5-7-17(19)8-6-14)21-12-16-4-2-3-15-11-20-10-9-18(15)16/h2-11,13,21H,12H2,1H3/t13-/m0/s1. The Hall–Kier alpha value is -1.71.